The van der Waals surface area contributed by atoms with Crippen LogP contribution < -0.4 is 5.73 Å². The molecule has 1 aromatic carbocycles. The fourth-order valence-electron chi connectivity index (χ4n) is 1.73. The van der Waals surface area contributed by atoms with Crippen LogP contribution in [0.4, 0.5) is 8.78 Å². The van der Waals surface area contributed by atoms with Crippen LogP contribution in [0.3, 0.4) is 0 Å². The van der Waals surface area contributed by atoms with Crippen LogP contribution in [0.2, 0.25) is 0 Å². The summed E-state index contributed by atoms with van der Waals surface area (Å²) in [6.07, 6.45) is -2.32. The summed E-state index contributed by atoms with van der Waals surface area (Å²) < 4.78 is 24.8. The molecule has 0 radical (unpaired) electrons. The Morgan fingerprint density at radius 3 is 2.38 bits per heavy atom. The van der Waals surface area contributed by atoms with Crippen molar-refractivity contribution in [2.45, 2.75) is 19.4 Å². The van der Waals surface area contributed by atoms with Gasteiger partial charge in [0.15, 0.2) is 0 Å². The first-order valence-corrected chi connectivity index (χ1v) is 5.42. The second-order valence-corrected chi connectivity index (χ2v) is 3.76. The predicted octanol–water partition coefficient (Wildman–Crippen LogP) is 2.27. The lowest BCUT2D eigenvalue weighted by atomic mass is 10.1. The number of hydrogen-bond acceptors (Lipinski definition) is 2. The van der Waals surface area contributed by atoms with Gasteiger partial charge in [-0.05, 0) is 12.5 Å². The zero-order valence-electron chi connectivity index (χ0n) is 9.44. The molecule has 0 saturated heterocycles. The molecule has 0 aliphatic heterocycles. The van der Waals surface area contributed by atoms with Crippen molar-refractivity contribution in [3.63, 3.8) is 0 Å². The van der Waals surface area contributed by atoms with Crippen LogP contribution in [0.15, 0.2) is 30.3 Å². The Kier molecular flexibility index (Phi) is 5.35. The lowest BCUT2D eigenvalue weighted by Crippen LogP contribution is -2.35. The summed E-state index contributed by atoms with van der Waals surface area (Å²) in [5.41, 5.74) is 6.47. The van der Waals surface area contributed by atoms with E-state index in [2.05, 4.69) is 0 Å². The zero-order chi connectivity index (χ0) is 12.0. The molecule has 1 rings (SSSR count). The third-order valence-corrected chi connectivity index (χ3v) is 2.62. The Morgan fingerprint density at radius 2 is 1.88 bits per heavy atom. The molecule has 2 N–H and O–H groups in total. The lowest BCUT2D eigenvalue weighted by molar-refractivity contribution is 0.0709. The Labute approximate surface area is 95.1 Å². The van der Waals surface area contributed by atoms with Gasteiger partial charge in [0.2, 0.25) is 0 Å². The van der Waals surface area contributed by atoms with E-state index in [4.69, 9.17) is 5.73 Å². The van der Waals surface area contributed by atoms with Gasteiger partial charge in [0.1, 0.15) is 0 Å². The molecular weight excluding hydrogens is 210 g/mol. The highest BCUT2D eigenvalue weighted by Crippen LogP contribution is 2.20. The third-order valence-electron chi connectivity index (χ3n) is 2.62. The summed E-state index contributed by atoms with van der Waals surface area (Å²) in [7, 11) is 0. The monoisotopic (exact) mass is 228 g/mol. The fraction of sp³-hybridized carbons (Fsp3) is 0.500. The highest BCUT2D eigenvalue weighted by atomic mass is 19.3. The maximum Gasteiger partial charge on any atom is 0.251 e. The summed E-state index contributed by atoms with van der Waals surface area (Å²) in [6.45, 7) is 2.57. The van der Waals surface area contributed by atoms with Crippen molar-refractivity contribution >= 4 is 0 Å². The standard InChI is InChI=1S/C12H18F2N2/c1-10(11-5-3-2-4-6-11)16(8-7-15)9-12(13)14/h2-6,10,12H,7-9,15H2,1H3. The lowest BCUT2D eigenvalue weighted by Gasteiger charge is -2.28. The van der Waals surface area contributed by atoms with E-state index in [-0.39, 0.29) is 12.6 Å². The van der Waals surface area contributed by atoms with Crippen molar-refractivity contribution in [3.05, 3.63) is 35.9 Å². The van der Waals surface area contributed by atoms with E-state index in [0.29, 0.717) is 13.1 Å². The van der Waals surface area contributed by atoms with Gasteiger partial charge in [-0.2, -0.15) is 0 Å². The van der Waals surface area contributed by atoms with Gasteiger partial charge in [0.25, 0.3) is 6.43 Å². The summed E-state index contributed by atoms with van der Waals surface area (Å²) in [4.78, 5) is 1.71. The molecule has 1 unspecified atom stereocenters. The Balaban J connectivity index is 2.70. The molecule has 4 heteroatoms. The Morgan fingerprint density at radius 1 is 1.25 bits per heavy atom. The second-order valence-electron chi connectivity index (χ2n) is 3.76. The van der Waals surface area contributed by atoms with Crippen LogP contribution in [0.1, 0.15) is 18.5 Å². The Hall–Kier alpha value is -1.00. The van der Waals surface area contributed by atoms with Crippen molar-refractivity contribution in [3.8, 4) is 0 Å². The SMILES string of the molecule is CC(c1ccccc1)N(CCN)CC(F)F. The molecule has 1 atom stereocenters. The minimum Gasteiger partial charge on any atom is -0.329 e. The number of alkyl halides is 2. The van der Waals surface area contributed by atoms with Crippen LogP contribution in [0.25, 0.3) is 0 Å². The Bertz CT molecular complexity index is 290. The van der Waals surface area contributed by atoms with E-state index in [0.717, 1.165) is 5.56 Å². The normalized spacial score (nSPS) is 13.4. The van der Waals surface area contributed by atoms with Gasteiger partial charge in [-0.25, -0.2) is 8.78 Å². The first-order chi connectivity index (χ1) is 7.65. The van der Waals surface area contributed by atoms with E-state index in [9.17, 15) is 8.78 Å². The molecule has 0 amide bonds. The van der Waals surface area contributed by atoms with Gasteiger partial charge in [-0.3, -0.25) is 4.90 Å². The van der Waals surface area contributed by atoms with E-state index in [1.54, 1.807) is 4.90 Å². The van der Waals surface area contributed by atoms with Gasteiger partial charge < -0.3 is 5.73 Å². The van der Waals surface area contributed by atoms with Gasteiger partial charge in [0.05, 0.1) is 6.54 Å². The average molecular weight is 228 g/mol. The molecule has 0 saturated carbocycles. The number of rotatable bonds is 6. The molecule has 90 valence electrons. The molecule has 16 heavy (non-hydrogen) atoms. The third kappa shape index (κ3) is 3.87. The highest BCUT2D eigenvalue weighted by Gasteiger charge is 2.18. The summed E-state index contributed by atoms with van der Waals surface area (Å²) >= 11 is 0. The van der Waals surface area contributed by atoms with Crippen LogP contribution in [-0.2, 0) is 0 Å². The molecule has 0 spiro atoms. The molecule has 0 aromatic heterocycles. The molecule has 0 aliphatic carbocycles. The van der Waals surface area contributed by atoms with E-state index >= 15 is 0 Å². The largest absolute Gasteiger partial charge is 0.329 e. The zero-order valence-corrected chi connectivity index (χ0v) is 9.44. The van der Waals surface area contributed by atoms with Crippen LogP contribution >= 0.6 is 0 Å². The molecule has 1 aromatic rings. The number of nitrogens with two attached hydrogens (primary N) is 1. The molecule has 0 aliphatic rings. The van der Waals surface area contributed by atoms with E-state index < -0.39 is 6.43 Å². The van der Waals surface area contributed by atoms with Crippen molar-refractivity contribution in [2.75, 3.05) is 19.6 Å². The van der Waals surface area contributed by atoms with Crippen LogP contribution in [0.5, 0.6) is 0 Å². The predicted molar refractivity (Wildman–Crippen MR) is 61.5 cm³/mol. The first-order valence-electron chi connectivity index (χ1n) is 5.42. The summed E-state index contributed by atoms with van der Waals surface area (Å²) in [5, 5.41) is 0. The quantitative estimate of drug-likeness (QED) is 0.809. The summed E-state index contributed by atoms with van der Waals surface area (Å²) in [5.74, 6) is 0. The maximum absolute atomic E-state index is 12.4. The molecule has 0 fully saturated rings. The number of halogens is 2. The fourth-order valence-corrected chi connectivity index (χ4v) is 1.73. The summed E-state index contributed by atoms with van der Waals surface area (Å²) in [6, 6.07) is 9.60. The second kappa shape index (κ2) is 6.55. The minimum atomic E-state index is -2.32. The van der Waals surface area contributed by atoms with Crippen molar-refractivity contribution in [1.82, 2.24) is 4.90 Å². The van der Waals surface area contributed by atoms with E-state index in [1.165, 1.54) is 0 Å². The van der Waals surface area contributed by atoms with Gasteiger partial charge in [-0.1, -0.05) is 30.3 Å². The van der Waals surface area contributed by atoms with Gasteiger partial charge in [0, 0.05) is 19.1 Å². The topological polar surface area (TPSA) is 29.3 Å². The maximum atomic E-state index is 12.4. The van der Waals surface area contributed by atoms with Crippen molar-refractivity contribution < 1.29 is 8.78 Å². The number of nitrogens with zero attached hydrogens (tertiary/aromatic N) is 1. The average Bonchev–Trinajstić information content (AvgIpc) is 2.28. The molecule has 0 heterocycles. The molecular formula is C12H18F2N2. The molecule has 0 bridgehead atoms. The van der Waals surface area contributed by atoms with E-state index in [1.807, 2.05) is 37.3 Å². The van der Waals surface area contributed by atoms with Gasteiger partial charge in [-0.15, -0.1) is 0 Å². The highest BCUT2D eigenvalue weighted by molar-refractivity contribution is 5.18. The van der Waals surface area contributed by atoms with Crippen molar-refractivity contribution in [1.29, 1.82) is 0 Å². The number of hydrogen-bond donors (Lipinski definition) is 1. The first kappa shape index (κ1) is 13.1. The molecule has 2 nitrogen and oxygen atoms in total. The van der Waals surface area contributed by atoms with Gasteiger partial charge >= 0.3 is 0 Å². The van der Waals surface area contributed by atoms with Crippen molar-refractivity contribution in [2.24, 2.45) is 5.73 Å². The minimum absolute atomic E-state index is 0.0289. The number of benzene rings is 1. The van der Waals surface area contributed by atoms with Crippen LogP contribution in [-0.4, -0.2) is 31.0 Å². The van der Waals surface area contributed by atoms with Crippen LogP contribution in [0, 0.1) is 0 Å². The smallest absolute Gasteiger partial charge is 0.251 e.